The van der Waals surface area contributed by atoms with E-state index in [1.807, 2.05) is 11.8 Å². The van der Waals surface area contributed by atoms with Crippen molar-refractivity contribution in [2.75, 3.05) is 13.1 Å². The van der Waals surface area contributed by atoms with Crippen LogP contribution >= 0.6 is 15.9 Å². The van der Waals surface area contributed by atoms with Crippen LogP contribution in [0.1, 0.15) is 37.2 Å². The van der Waals surface area contributed by atoms with Crippen molar-refractivity contribution in [1.82, 2.24) is 14.7 Å². The summed E-state index contributed by atoms with van der Waals surface area (Å²) in [6.07, 6.45) is 4.02. The number of carbonyl (C=O) groups excluding carboxylic acids is 1. The molecule has 5 heteroatoms. The highest BCUT2D eigenvalue weighted by Gasteiger charge is 2.26. The van der Waals surface area contributed by atoms with Crippen LogP contribution in [0.3, 0.4) is 0 Å². The summed E-state index contributed by atoms with van der Waals surface area (Å²) < 4.78 is 2.55. The van der Waals surface area contributed by atoms with E-state index in [1.54, 1.807) is 10.9 Å². The van der Waals surface area contributed by atoms with Gasteiger partial charge in [-0.15, -0.1) is 0 Å². The van der Waals surface area contributed by atoms with Crippen LogP contribution in [-0.4, -0.2) is 33.7 Å². The van der Waals surface area contributed by atoms with Gasteiger partial charge in [0.2, 0.25) is 0 Å². The summed E-state index contributed by atoms with van der Waals surface area (Å²) in [5.41, 5.74) is 0.682. The van der Waals surface area contributed by atoms with Crippen LogP contribution in [0.2, 0.25) is 0 Å². The third-order valence-corrected chi connectivity index (χ3v) is 3.82. The Hall–Kier alpha value is -0.840. The van der Waals surface area contributed by atoms with Crippen LogP contribution in [0.4, 0.5) is 0 Å². The lowest BCUT2D eigenvalue weighted by atomic mass is 10.00. The fourth-order valence-corrected chi connectivity index (χ4v) is 2.80. The zero-order valence-electron chi connectivity index (χ0n) is 10.3. The monoisotopic (exact) mass is 299 g/mol. The second kappa shape index (κ2) is 5.21. The predicted octanol–water partition coefficient (Wildman–Crippen LogP) is 2.54. The molecule has 1 amide bonds. The molecule has 1 aliphatic rings. The van der Waals surface area contributed by atoms with E-state index >= 15 is 0 Å². The molecule has 0 saturated carbocycles. The number of hydrogen-bond donors (Lipinski definition) is 0. The molecule has 0 bridgehead atoms. The standard InChI is InChI=1S/C12H18BrN3O/c1-3-16-11(10(13)7-14-16)12(17)15-6-4-5-9(2)8-15/h7,9H,3-6,8H2,1-2H3/t9-/m1/s1. The molecule has 0 spiro atoms. The lowest BCUT2D eigenvalue weighted by Gasteiger charge is -2.31. The van der Waals surface area contributed by atoms with Crippen LogP contribution in [0.15, 0.2) is 10.7 Å². The summed E-state index contributed by atoms with van der Waals surface area (Å²) >= 11 is 3.41. The van der Waals surface area contributed by atoms with Crippen molar-refractivity contribution in [2.24, 2.45) is 5.92 Å². The average molecular weight is 300 g/mol. The molecular formula is C12H18BrN3O. The number of rotatable bonds is 2. The molecule has 1 fully saturated rings. The van der Waals surface area contributed by atoms with E-state index < -0.39 is 0 Å². The van der Waals surface area contributed by atoms with Crippen LogP contribution in [0.25, 0.3) is 0 Å². The topological polar surface area (TPSA) is 38.1 Å². The number of amides is 1. The van der Waals surface area contributed by atoms with E-state index in [0.717, 1.165) is 30.5 Å². The molecule has 2 rings (SSSR count). The second-order valence-corrected chi connectivity index (χ2v) is 5.51. The second-order valence-electron chi connectivity index (χ2n) is 4.66. The fraction of sp³-hybridized carbons (Fsp3) is 0.667. The van der Waals surface area contributed by atoms with E-state index in [1.165, 1.54) is 6.42 Å². The SMILES string of the molecule is CCn1ncc(Br)c1C(=O)N1CCC[C@@H](C)C1. The Morgan fingerprint density at radius 1 is 1.65 bits per heavy atom. The molecule has 17 heavy (non-hydrogen) atoms. The molecule has 94 valence electrons. The fourth-order valence-electron chi connectivity index (χ4n) is 2.34. The van der Waals surface area contributed by atoms with Gasteiger partial charge in [0, 0.05) is 19.6 Å². The van der Waals surface area contributed by atoms with Gasteiger partial charge < -0.3 is 4.90 Å². The summed E-state index contributed by atoms with van der Waals surface area (Å²) in [7, 11) is 0. The zero-order chi connectivity index (χ0) is 12.4. The minimum atomic E-state index is 0.0998. The van der Waals surface area contributed by atoms with E-state index in [9.17, 15) is 4.79 Å². The van der Waals surface area contributed by atoms with E-state index in [4.69, 9.17) is 0 Å². The maximum absolute atomic E-state index is 12.4. The molecule has 0 N–H and O–H groups in total. The Kier molecular flexibility index (Phi) is 3.86. The van der Waals surface area contributed by atoms with Gasteiger partial charge in [-0.05, 0) is 41.6 Å². The summed E-state index contributed by atoms with van der Waals surface area (Å²) in [4.78, 5) is 14.4. The molecule has 0 aromatic carbocycles. The molecular weight excluding hydrogens is 282 g/mol. The number of piperidine rings is 1. The summed E-state index contributed by atoms with van der Waals surface area (Å²) in [5.74, 6) is 0.701. The predicted molar refractivity (Wildman–Crippen MR) is 69.9 cm³/mol. The molecule has 1 aromatic heterocycles. The molecule has 2 heterocycles. The average Bonchev–Trinajstić information content (AvgIpc) is 2.69. The minimum absolute atomic E-state index is 0.0998. The van der Waals surface area contributed by atoms with E-state index in [0.29, 0.717) is 11.6 Å². The Morgan fingerprint density at radius 3 is 3.06 bits per heavy atom. The Bertz CT molecular complexity index is 416. The van der Waals surface area contributed by atoms with Gasteiger partial charge in [0.25, 0.3) is 5.91 Å². The molecule has 1 aliphatic heterocycles. The molecule has 4 nitrogen and oxygen atoms in total. The lowest BCUT2D eigenvalue weighted by Crippen LogP contribution is -2.40. The van der Waals surface area contributed by atoms with Gasteiger partial charge in [0.1, 0.15) is 5.69 Å². The maximum atomic E-state index is 12.4. The zero-order valence-corrected chi connectivity index (χ0v) is 11.9. The van der Waals surface area contributed by atoms with Gasteiger partial charge in [-0.3, -0.25) is 9.48 Å². The number of hydrogen-bond acceptors (Lipinski definition) is 2. The molecule has 1 atom stereocenters. The minimum Gasteiger partial charge on any atom is -0.337 e. The summed E-state index contributed by atoms with van der Waals surface area (Å²) in [6, 6.07) is 0. The Balaban J connectivity index is 2.21. The summed E-state index contributed by atoms with van der Waals surface area (Å²) in [6.45, 7) is 6.64. The van der Waals surface area contributed by atoms with Crippen molar-refractivity contribution in [3.8, 4) is 0 Å². The normalized spacial score (nSPS) is 20.6. The first kappa shape index (κ1) is 12.6. The first-order chi connectivity index (χ1) is 8.13. The maximum Gasteiger partial charge on any atom is 0.273 e. The van der Waals surface area contributed by atoms with Crippen LogP contribution in [-0.2, 0) is 6.54 Å². The number of likely N-dealkylation sites (tertiary alicyclic amines) is 1. The van der Waals surface area contributed by atoms with Gasteiger partial charge in [-0.2, -0.15) is 5.10 Å². The highest BCUT2D eigenvalue weighted by atomic mass is 79.9. The molecule has 0 unspecified atom stereocenters. The van der Waals surface area contributed by atoms with Crippen molar-refractivity contribution in [2.45, 2.75) is 33.2 Å². The van der Waals surface area contributed by atoms with Crippen LogP contribution in [0, 0.1) is 5.92 Å². The van der Waals surface area contributed by atoms with Crippen LogP contribution < -0.4 is 0 Å². The van der Waals surface area contributed by atoms with Crippen molar-refractivity contribution in [3.05, 3.63) is 16.4 Å². The molecule has 1 saturated heterocycles. The van der Waals surface area contributed by atoms with Crippen molar-refractivity contribution in [3.63, 3.8) is 0 Å². The van der Waals surface area contributed by atoms with Gasteiger partial charge in [-0.1, -0.05) is 6.92 Å². The van der Waals surface area contributed by atoms with Crippen molar-refractivity contribution in [1.29, 1.82) is 0 Å². The highest BCUT2D eigenvalue weighted by Crippen LogP contribution is 2.22. The largest absolute Gasteiger partial charge is 0.337 e. The third kappa shape index (κ3) is 2.54. The summed E-state index contributed by atoms with van der Waals surface area (Å²) in [5, 5.41) is 4.19. The van der Waals surface area contributed by atoms with Gasteiger partial charge in [0.15, 0.2) is 0 Å². The Morgan fingerprint density at radius 2 is 2.41 bits per heavy atom. The lowest BCUT2D eigenvalue weighted by molar-refractivity contribution is 0.0669. The number of aryl methyl sites for hydroxylation is 1. The number of nitrogens with zero attached hydrogens (tertiary/aromatic N) is 3. The van der Waals surface area contributed by atoms with Gasteiger partial charge in [-0.25, -0.2) is 0 Å². The Labute approximate surface area is 110 Å². The molecule has 1 aromatic rings. The molecule has 0 radical (unpaired) electrons. The van der Waals surface area contributed by atoms with Crippen LogP contribution in [0.5, 0.6) is 0 Å². The van der Waals surface area contributed by atoms with Crippen molar-refractivity contribution < 1.29 is 4.79 Å². The van der Waals surface area contributed by atoms with E-state index in [-0.39, 0.29) is 5.91 Å². The van der Waals surface area contributed by atoms with E-state index in [2.05, 4.69) is 28.0 Å². The van der Waals surface area contributed by atoms with Gasteiger partial charge in [0.05, 0.1) is 10.7 Å². The third-order valence-electron chi connectivity index (χ3n) is 3.24. The smallest absolute Gasteiger partial charge is 0.273 e. The first-order valence-corrected chi connectivity index (χ1v) is 6.93. The van der Waals surface area contributed by atoms with Gasteiger partial charge >= 0.3 is 0 Å². The van der Waals surface area contributed by atoms with Crippen molar-refractivity contribution >= 4 is 21.8 Å². The first-order valence-electron chi connectivity index (χ1n) is 6.14. The number of aromatic nitrogens is 2. The highest BCUT2D eigenvalue weighted by molar-refractivity contribution is 9.10. The number of carbonyl (C=O) groups is 1. The number of halogens is 1. The molecule has 0 aliphatic carbocycles. The quantitative estimate of drug-likeness (QED) is 0.842.